The van der Waals surface area contributed by atoms with Gasteiger partial charge in [0.2, 0.25) is 0 Å². The predicted molar refractivity (Wildman–Crippen MR) is 77.4 cm³/mol. The second-order valence-electron chi connectivity index (χ2n) is 4.29. The summed E-state index contributed by atoms with van der Waals surface area (Å²) in [7, 11) is 0. The van der Waals surface area contributed by atoms with E-state index in [4.69, 9.17) is 23.2 Å². The van der Waals surface area contributed by atoms with Crippen LogP contribution >= 0.6 is 35.0 Å². The summed E-state index contributed by atoms with van der Waals surface area (Å²) in [5.41, 5.74) is 0. The molecular formula is C12H16Cl2N2S. The van der Waals surface area contributed by atoms with Crippen molar-refractivity contribution in [2.75, 3.05) is 11.6 Å². The molecule has 17 heavy (non-hydrogen) atoms. The molecule has 0 spiro atoms. The van der Waals surface area contributed by atoms with E-state index in [-0.39, 0.29) is 0 Å². The van der Waals surface area contributed by atoms with Crippen LogP contribution < -0.4 is 5.32 Å². The number of halogens is 2. The third-order valence-electron chi connectivity index (χ3n) is 3.14. The molecule has 0 radical (unpaired) electrons. The van der Waals surface area contributed by atoms with Crippen LogP contribution in [-0.2, 0) is 0 Å². The minimum atomic E-state index is 0.463. The zero-order valence-corrected chi connectivity index (χ0v) is 12.1. The van der Waals surface area contributed by atoms with Gasteiger partial charge in [-0.2, -0.15) is 11.8 Å². The molecule has 0 aliphatic heterocycles. The van der Waals surface area contributed by atoms with Crippen molar-refractivity contribution in [3.63, 3.8) is 0 Å². The molecule has 94 valence electrons. The fourth-order valence-electron chi connectivity index (χ4n) is 2.24. The summed E-state index contributed by atoms with van der Waals surface area (Å²) in [6.45, 7) is 0. The highest BCUT2D eigenvalue weighted by Gasteiger charge is 2.24. The van der Waals surface area contributed by atoms with Gasteiger partial charge in [-0.3, -0.25) is 0 Å². The van der Waals surface area contributed by atoms with Gasteiger partial charge < -0.3 is 5.32 Å². The Morgan fingerprint density at radius 2 is 2.12 bits per heavy atom. The first kappa shape index (κ1) is 13.3. The number of nitrogens with zero attached hydrogens (tertiary/aromatic N) is 1. The van der Waals surface area contributed by atoms with Gasteiger partial charge in [0.15, 0.2) is 0 Å². The van der Waals surface area contributed by atoms with Crippen LogP contribution in [0, 0.1) is 0 Å². The second-order valence-corrected chi connectivity index (χ2v) is 6.21. The van der Waals surface area contributed by atoms with Crippen molar-refractivity contribution in [1.29, 1.82) is 0 Å². The Bertz CT molecular complexity index is 387. The molecule has 0 amide bonds. The number of thioether (sulfide) groups is 1. The van der Waals surface area contributed by atoms with Crippen molar-refractivity contribution in [2.45, 2.75) is 37.0 Å². The Morgan fingerprint density at radius 1 is 1.35 bits per heavy atom. The first-order valence-electron chi connectivity index (χ1n) is 5.81. The number of nitrogens with one attached hydrogen (secondary N) is 1. The fourth-order valence-corrected chi connectivity index (χ4v) is 3.61. The normalized spacial score (nSPS) is 24.6. The van der Waals surface area contributed by atoms with Gasteiger partial charge >= 0.3 is 0 Å². The lowest BCUT2D eigenvalue weighted by atomic mass is 9.95. The van der Waals surface area contributed by atoms with Gasteiger partial charge in [-0.05, 0) is 25.2 Å². The topological polar surface area (TPSA) is 24.9 Å². The first-order chi connectivity index (χ1) is 8.20. The molecule has 2 atom stereocenters. The second kappa shape index (κ2) is 6.17. The minimum Gasteiger partial charge on any atom is -0.365 e. The number of pyridine rings is 1. The molecule has 2 unspecified atom stereocenters. The summed E-state index contributed by atoms with van der Waals surface area (Å²) in [5.74, 6) is 0.752. The van der Waals surface area contributed by atoms with Crippen molar-refractivity contribution in [3.05, 3.63) is 22.3 Å². The predicted octanol–water partition coefficient (Wildman–Crippen LogP) is 4.47. The third-order valence-corrected chi connectivity index (χ3v) is 4.80. The van der Waals surface area contributed by atoms with E-state index < -0.39 is 0 Å². The van der Waals surface area contributed by atoms with Crippen LogP contribution in [0.2, 0.25) is 10.0 Å². The molecule has 1 aromatic heterocycles. The maximum absolute atomic E-state index is 6.12. The van der Waals surface area contributed by atoms with E-state index >= 15 is 0 Å². The zero-order valence-electron chi connectivity index (χ0n) is 9.75. The molecule has 1 fully saturated rings. The smallest absolute Gasteiger partial charge is 0.145 e. The molecule has 2 nitrogen and oxygen atoms in total. The quantitative estimate of drug-likeness (QED) is 0.889. The van der Waals surface area contributed by atoms with Gasteiger partial charge in [-0.25, -0.2) is 4.98 Å². The molecule has 1 aliphatic carbocycles. The summed E-state index contributed by atoms with van der Waals surface area (Å²) in [6.07, 6.45) is 8.86. The lowest BCUT2D eigenvalue weighted by molar-refractivity contribution is 0.474. The van der Waals surface area contributed by atoms with Crippen LogP contribution in [0.15, 0.2) is 12.3 Å². The van der Waals surface area contributed by atoms with Crippen LogP contribution in [-0.4, -0.2) is 22.5 Å². The average molecular weight is 291 g/mol. The average Bonchev–Trinajstić information content (AvgIpc) is 2.33. The van der Waals surface area contributed by atoms with E-state index in [1.54, 1.807) is 12.3 Å². The van der Waals surface area contributed by atoms with E-state index in [0.29, 0.717) is 21.3 Å². The fraction of sp³-hybridized carbons (Fsp3) is 0.583. The van der Waals surface area contributed by atoms with E-state index in [1.165, 1.54) is 25.7 Å². The summed E-state index contributed by atoms with van der Waals surface area (Å²) >= 11 is 13.9. The van der Waals surface area contributed by atoms with Crippen molar-refractivity contribution in [2.24, 2.45) is 0 Å². The maximum Gasteiger partial charge on any atom is 0.145 e. The van der Waals surface area contributed by atoms with Crippen LogP contribution in [0.25, 0.3) is 0 Å². The van der Waals surface area contributed by atoms with E-state index in [0.717, 1.165) is 5.82 Å². The molecule has 1 heterocycles. The molecule has 5 heteroatoms. The standard InChI is InChI=1S/C12H16Cl2N2S/c1-17-11-5-3-2-4-10(11)16-12-9(14)6-8(13)7-15-12/h6-7,10-11H,2-5H2,1H3,(H,15,16). The van der Waals surface area contributed by atoms with Crippen LogP contribution in [0.1, 0.15) is 25.7 Å². The molecule has 1 N–H and O–H groups in total. The van der Waals surface area contributed by atoms with Gasteiger partial charge in [0.1, 0.15) is 5.82 Å². The van der Waals surface area contributed by atoms with Gasteiger partial charge in [0.25, 0.3) is 0 Å². The summed E-state index contributed by atoms with van der Waals surface area (Å²) in [6, 6.07) is 2.19. The molecule has 2 rings (SSSR count). The lowest BCUT2D eigenvalue weighted by Gasteiger charge is -2.31. The zero-order chi connectivity index (χ0) is 12.3. The number of hydrogen-bond acceptors (Lipinski definition) is 3. The molecular weight excluding hydrogens is 275 g/mol. The number of anilines is 1. The van der Waals surface area contributed by atoms with E-state index in [2.05, 4.69) is 16.6 Å². The van der Waals surface area contributed by atoms with Crippen molar-refractivity contribution < 1.29 is 0 Å². The van der Waals surface area contributed by atoms with E-state index in [9.17, 15) is 0 Å². The SMILES string of the molecule is CSC1CCCCC1Nc1ncc(Cl)cc1Cl. The monoisotopic (exact) mass is 290 g/mol. The summed E-state index contributed by atoms with van der Waals surface area (Å²) in [4.78, 5) is 4.26. The van der Waals surface area contributed by atoms with Gasteiger partial charge in [-0.15, -0.1) is 0 Å². The highest BCUT2D eigenvalue weighted by Crippen LogP contribution is 2.31. The Labute approximate surface area is 116 Å². The van der Waals surface area contributed by atoms with Gasteiger partial charge in [0, 0.05) is 17.5 Å². The van der Waals surface area contributed by atoms with Crippen LogP contribution in [0.3, 0.4) is 0 Å². The molecule has 1 aromatic rings. The highest BCUT2D eigenvalue weighted by molar-refractivity contribution is 7.99. The largest absolute Gasteiger partial charge is 0.365 e. The molecule has 1 saturated carbocycles. The third kappa shape index (κ3) is 3.43. The molecule has 0 aromatic carbocycles. The van der Waals surface area contributed by atoms with E-state index in [1.807, 2.05) is 11.8 Å². The maximum atomic E-state index is 6.12. The first-order valence-corrected chi connectivity index (χ1v) is 7.85. The van der Waals surface area contributed by atoms with Crippen molar-refractivity contribution in [3.8, 4) is 0 Å². The Balaban J connectivity index is 2.08. The van der Waals surface area contributed by atoms with Gasteiger partial charge in [0.05, 0.1) is 10.0 Å². The molecule has 0 saturated heterocycles. The van der Waals surface area contributed by atoms with Gasteiger partial charge in [-0.1, -0.05) is 36.0 Å². The van der Waals surface area contributed by atoms with Crippen molar-refractivity contribution in [1.82, 2.24) is 4.98 Å². The number of hydrogen-bond donors (Lipinski definition) is 1. The molecule has 1 aliphatic rings. The van der Waals surface area contributed by atoms with Crippen molar-refractivity contribution >= 4 is 40.8 Å². The van der Waals surface area contributed by atoms with Crippen LogP contribution in [0.5, 0.6) is 0 Å². The molecule has 0 bridgehead atoms. The Hall–Kier alpha value is -0.120. The minimum absolute atomic E-state index is 0.463. The summed E-state index contributed by atoms with van der Waals surface area (Å²) in [5, 5.41) is 5.28. The lowest BCUT2D eigenvalue weighted by Crippen LogP contribution is -2.34. The Kier molecular flexibility index (Phi) is 4.83. The number of rotatable bonds is 3. The van der Waals surface area contributed by atoms with Crippen LogP contribution in [0.4, 0.5) is 5.82 Å². The summed E-state index contributed by atoms with van der Waals surface area (Å²) < 4.78 is 0. The highest BCUT2D eigenvalue weighted by atomic mass is 35.5. The Morgan fingerprint density at radius 3 is 2.82 bits per heavy atom. The number of aromatic nitrogens is 1.